The Morgan fingerprint density at radius 3 is 2.23 bits per heavy atom. The van der Waals surface area contributed by atoms with Crippen LogP contribution in [0.3, 0.4) is 0 Å². The number of hydrogen-bond acceptors (Lipinski definition) is 5. The highest BCUT2D eigenvalue weighted by Crippen LogP contribution is 2.27. The number of amides is 1. The number of nitrogen functional groups attached to an aromatic ring is 1. The van der Waals surface area contributed by atoms with Crippen molar-refractivity contribution in [2.75, 3.05) is 11.1 Å². The second kappa shape index (κ2) is 9.90. The third-order valence-electron chi connectivity index (χ3n) is 5.84. The van der Waals surface area contributed by atoms with Crippen LogP contribution in [0.5, 0.6) is 0 Å². The lowest BCUT2D eigenvalue weighted by atomic mass is 9.88. The maximum atomic E-state index is 12.0. The van der Waals surface area contributed by atoms with Crippen molar-refractivity contribution < 1.29 is 9.53 Å². The lowest BCUT2D eigenvalue weighted by Crippen LogP contribution is -2.42. The maximum absolute atomic E-state index is 12.0. The molecule has 0 bridgehead atoms. The Bertz CT molecular complexity index is 698. The zero-order valence-electron chi connectivity index (χ0n) is 19.9. The number of hydrogen-bond donors (Lipinski definition) is 4. The number of alkyl carbamates (subject to hydrolysis) is 1. The monoisotopic (exact) mass is 418 g/mol. The van der Waals surface area contributed by atoms with Crippen molar-refractivity contribution in [1.82, 2.24) is 10.6 Å². The van der Waals surface area contributed by atoms with Gasteiger partial charge in [-0.15, -0.1) is 0 Å². The van der Waals surface area contributed by atoms with Gasteiger partial charge in [-0.1, -0.05) is 26.8 Å². The van der Waals surface area contributed by atoms with Gasteiger partial charge in [-0.05, 0) is 76.5 Å². The molecule has 1 atom stereocenters. The molecule has 0 aromatic heterocycles. The summed E-state index contributed by atoms with van der Waals surface area (Å²) in [5, 5.41) is 10.2. The van der Waals surface area contributed by atoms with Crippen molar-refractivity contribution in [3.05, 3.63) is 23.8 Å². The smallest absolute Gasteiger partial charge is 0.407 e. The number of nitrogens with one attached hydrogen (secondary N) is 3. The van der Waals surface area contributed by atoms with Crippen LogP contribution in [-0.4, -0.2) is 29.8 Å². The molecule has 1 aliphatic rings. The predicted octanol–water partition coefficient (Wildman–Crippen LogP) is 5.04. The van der Waals surface area contributed by atoms with E-state index in [9.17, 15) is 4.79 Å². The van der Waals surface area contributed by atoms with Crippen molar-refractivity contribution in [3.63, 3.8) is 0 Å². The first kappa shape index (κ1) is 24.3. The Labute approximate surface area is 182 Å². The second-order valence-corrected chi connectivity index (χ2v) is 10.7. The molecule has 1 aromatic rings. The molecule has 0 aliphatic heterocycles. The lowest BCUT2D eigenvalue weighted by molar-refractivity contribution is 0.0492. The Kier molecular flexibility index (Phi) is 8.03. The molecule has 30 heavy (non-hydrogen) atoms. The summed E-state index contributed by atoms with van der Waals surface area (Å²) in [7, 11) is 0. The van der Waals surface area contributed by atoms with Gasteiger partial charge in [0.2, 0.25) is 0 Å². The molecule has 170 valence electrons. The molecule has 5 N–H and O–H groups in total. The van der Waals surface area contributed by atoms with E-state index >= 15 is 0 Å². The average Bonchev–Trinajstić information content (AvgIpc) is 2.60. The molecule has 1 saturated carbocycles. The molecule has 1 aliphatic carbocycles. The van der Waals surface area contributed by atoms with E-state index in [1.54, 1.807) is 0 Å². The summed E-state index contributed by atoms with van der Waals surface area (Å²) < 4.78 is 5.36. The van der Waals surface area contributed by atoms with Gasteiger partial charge in [0.25, 0.3) is 0 Å². The van der Waals surface area contributed by atoms with Crippen LogP contribution < -0.4 is 21.7 Å². The highest BCUT2D eigenvalue weighted by Gasteiger charge is 2.25. The van der Waals surface area contributed by atoms with Crippen LogP contribution in [0.15, 0.2) is 18.2 Å². The van der Waals surface area contributed by atoms with Crippen LogP contribution in [0.2, 0.25) is 0 Å². The minimum absolute atomic E-state index is 0.175. The van der Waals surface area contributed by atoms with Crippen molar-refractivity contribution in [1.29, 1.82) is 0 Å². The minimum atomic E-state index is -0.465. The SMILES string of the molecule is C[C@H](NCc1ccc(NC2CCC(NC(=O)OC(C)(C)C)CC2)c(N)c1)C(C)(C)C. The summed E-state index contributed by atoms with van der Waals surface area (Å²) >= 11 is 0. The molecule has 1 aromatic carbocycles. The van der Waals surface area contributed by atoms with Gasteiger partial charge in [-0.3, -0.25) is 0 Å². The summed E-state index contributed by atoms with van der Waals surface area (Å²) in [4.78, 5) is 12.0. The van der Waals surface area contributed by atoms with E-state index in [1.165, 1.54) is 5.56 Å². The van der Waals surface area contributed by atoms with Crippen LogP contribution in [-0.2, 0) is 11.3 Å². The fourth-order valence-electron chi connectivity index (χ4n) is 3.51. The van der Waals surface area contributed by atoms with E-state index in [4.69, 9.17) is 10.5 Å². The first-order valence-corrected chi connectivity index (χ1v) is 11.2. The topological polar surface area (TPSA) is 88.4 Å². The number of nitrogens with two attached hydrogens (primary N) is 1. The third kappa shape index (κ3) is 8.05. The van der Waals surface area contributed by atoms with E-state index < -0.39 is 5.60 Å². The summed E-state index contributed by atoms with van der Waals surface area (Å²) in [5.41, 5.74) is 9.05. The summed E-state index contributed by atoms with van der Waals surface area (Å²) in [5.74, 6) is 0. The van der Waals surface area contributed by atoms with Crippen LogP contribution in [0.1, 0.15) is 79.7 Å². The maximum Gasteiger partial charge on any atom is 0.407 e. The van der Waals surface area contributed by atoms with Gasteiger partial charge in [-0.2, -0.15) is 0 Å². The minimum Gasteiger partial charge on any atom is -0.444 e. The Hall–Kier alpha value is -1.95. The first-order valence-electron chi connectivity index (χ1n) is 11.2. The molecule has 1 fully saturated rings. The number of benzene rings is 1. The van der Waals surface area contributed by atoms with E-state index in [0.29, 0.717) is 12.1 Å². The Balaban J connectivity index is 1.80. The van der Waals surface area contributed by atoms with Crippen molar-refractivity contribution in [2.24, 2.45) is 5.41 Å². The number of carbonyl (C=O) groups excluding carboxylic acids is 1. The molecule has 0 radical (unpaired) electrons. The van der Waals surface area contributed by atoms with Crippen molar-refractivity contribution >= 4 is 17.5 Å². The molecule has 2 rings (SSSR count). The predicted molar refractivity (Wildman–Crippen MR) is 126 cm³/mol. The van der Waals surface area contributed by atoms with Crippen LogP contribution in [0.4, 0.5) is 16.2 Å². The standard InChI is InChI=1S/C24H42N4O2/c1-16(23(2,3)4)26-15-17-8-13-21(20(25)14-17)27-18-9-11-19(12-10-18)28-22(29)30-24(5,6)7/h8,13-14,16,18-19,26-27H,9-12,15,25H2,1-7H3,(H,28,29)/t16-,18?,19?/m0/s1. The molecule has 6 heteroatoms. The van der Waals surface area contributed by atoms with Gasteiger partial charge in [0.15, 0.2) is 0 Å². The zero-order chi connectivity index (χ0) is 22.5. The molecule has 0 spiro atoms. The average molecular weight is 419 g/mol. The molecule has 0 unspecified atom stereocenters. The van der Waals surface area contributed by atoms with Crippen LogP contribution in [0, 0.1) is 5.41 Å². The zero-order valence-corrected chi connectivity index (χ0v) is 19.9. The normalized spacial score (nSPS) is 21.0. The van der Waals surface area contributed by atoms with Crippen LogP contribution in [0.25, 0.3) is 0 Å². The molecular formula is C24H42N4O2. The summed E-state index contributed by atoms with van der Waals surface area (Å²) in [6, 6.07) is 7.24. The van der Waals surface area contributed by atoms with Gasteiger partial charge >= 0.3 is 6.09 Å². The molecule has 0 heterocycles. The summed E-state index contributed by atoms with van der Waals surface area (Å²) in [6.45, 7) is 15.4. The van der Waals surface area contributed by atoms with E-state index in [2.05, 4.69) is 61.8 Å². The van der Waals surface area contributed by atoms with Crippen molar-refractivity contribution in [2.45, 2.75) is 104 Å². The van der Waals surface area contributed by atoms with Crippen molar-refractivity contribution in [3.8, 4) is 0 Å². The highest BCUT2D eigenvalue weighted by molar-refractivity contribution is 5.68. The van der Waals surface area contributed by atoms with Gasteiger partial charge < -0.3 is 26.4 Å². The van der Waals surface area contributed by atoms with E-state index in [0.717, 1.165) is 43.6 Å². The quantitative estimate of drug-likeness (QED) is 0.486. The Morgan fingerprint density at radius 2 is 1.70 bits per heavy atom. The lowest BCUT2D eigenvalue weighted by Gasteiger charge is -2.31. The molecule has 0 saturated heterocycles. The van der Waals surface area contributed by atoms with Crippen LogP contribution >= 0.6 is 0 Å². The number of carbonyl (C=O) groups is 1. The third-order valence-corrected chi connectivity index (χ3v) is 5.84. The van der Waals surface area contributed by atoms with Gasteiger partial charge in [0.1, 0.15) is 5.60 Å². The van der Waals surface area contributed by atoms with E-state index in [1.807, 2.05) is 20.8 Å². The van der Waals surface area contributed by atoms with Gasteiger partial charge in [0.05, 0.1) is 11.4 Å². The van der Waals surface area contributed by atoms with Gasteiger partial charge in [-0.25, -0.2) is 4.79 Å². The molecule has 6 nitrogen and oxygen atoms in total. The fourth-order valence-corrected chi connectivity index (χ4v) is 3.51. The number of rotatable bonds is 6. The molecular weight excluding hydrogens is 376 g/mol. The molecule has 1 amide bonds. The largest absolute Gasteiger partial charge is 0.444 e. The first-order chi connectivity index (χ1) is 13.8. The summed E-state index contributed by atoms with van der Waals surface area (Å²) in [6.07, 6.45) is 3.53. The van der Waals surface area contributed by atoms with E-state index in [-0.39, 0.29) is 17.6 Å². The second-order valence-electron chi connectivity index (χ2n) is 10.7. The number of ether oxygens (including phenoxy) is 1. The highest BCUT2D eigenvalue weighted by atomic mass is 16.6. The number of anilines is 2. The van der Waals surface area contributed by atoms with Gasteiger partial charge in [0, 0.05) is 24.7 Å². The Morgan fingerprint density at radius 1 is 1.10 bits per heavy atom. The fraction of sp³-hybridized carbons (Fsp3) is 0.708.